The first-order chi connectivity index (χ1) is 12.8. The van der Waals surface area contributed by atoms with Gasteiger partial charge in [0.2, 0.25) is 0 Å². The molecule has 1 aromatic carbocycles. The van der Waals surface area contributed by atoms with Crippen molar-refractivity contribution in [2.24, 2.45) is 11.3 Å². The zero-order valence-electron chi connectivity index (χ0n) is 17.6. The largest absolute Gasteiger partial charge is 0.323 e. The number of hydrogen-bond acceptors (Lipinski definition) is 3. The zero-order chi connectivity index (χ0) is 19.5. The highest BCUT2D eigenvalue weighted by atomic mass is 28.3. The SMILES string of the molecule is CCCC12COC(c3ccc(C#C[Si](C)(C)CCC(C)C)cc3)(OC1)OC2. The summed E-state index contributed by atoms with van der Waals surface area (Å²) in [5.41, 5.74) is 5.58. The van der Waals surface area contributed by atoms with E-state index in [9.17, 15) is 0 Å². The van der Waals surface area contributed by atoms with Crippen molar-refractivity contribution in [2.45, 2.75) is 65.1 Å². The van der Waals surface area contributed by atoms with Crippen LogP contribution in [0.2, 0.25) is 19.1 Å². The van der Waals surface area contributed by atoms with Gasteiger partial charge in [-0.2, -0.15) is 0 Å². The van der Waals surface area contributed by atoms with E-state index in [-0.39, 0.29) is 5.41 Å². The maximum Gasteiger partial charge on any atom is 0.312 e. The number of hydrogen-bond donors (Lipinski definition) is 0. The van der Waals surface area contributed by atoms with Crippen molar-refractivity contribution in [3.05, 3.63) is 35.4 Å². The predicted molar refractivity (Wildman–Crippen MR) is 112 cm³/mol. The molecule has 0 N–H and O–H groups in total. The highest BCUT2D eigenvalue weighted by molar-refractivity contribution is 6.85. The molecule has 1 aromatic rings. The Labute approximate surface area is 165 Å². The lowest BCUT2D eigenvalue weighted by Gasteiger charge is -2.51. The van der Waals surface area contributed by atoms with Crippen molar-refractivity contribution in [1.82, 2.24) is 0 Å². The fraction of sp³-hybridized carbons (Fsp3) is 0.652. The molecule has 3 fully saturated rings. The van der Waals surface area contributed by atoms with E-state index < -0.39 is 14.0 Å². The summed E-state index contributed by atoms with van der Waals surface area (Å²) in [6.07, 6.45) is 3.46. The Hall–Kier alpha value is -1.12. The minimum Gasteiger partial charge on any atom is -0.323 e. The van der Waals surface area contributed by atoms with Gasteiger partial charge in [-0.3, -0.25) is 0 Å². The van der Waals surface area contributed by atoms with Gasteiger partial charge < -0.3 is 14.2 Å². The number of fused-ring (bicyclic) bond motifs is 3. The molecule has 0 amide bonds. The first-order valence-electron chi connectivity index (χ1n) is 10.3. The summed E-state index contributed by atoms with van der Waals surface area (Å²) in [5, 5.41) is 0. The Kier molecular flexibility index (Phi) is 6.17. The predicted octanol–water partition coefficient (Wildman–Crippen LogP) is 5.31. The molecule has 3 heterocycles. The Bertz CT molecular complexity index is 672. The summed E-state index contributed by atoms with van der Waals surface area (Å²) in [5.74, 6) is 3.12. The Morgan fingerprint density at radius 3 is 2.15 bits per heavy atom. The van der Waals surface area contributed by atoms with Crippen LogP contribution in [0.3, 0.4) is 0 Å². The summed E-state index contributed by atoms with van der Waals surface area (Å²) in [6, 6.07) is 9.44. The minimum atomic E-state index is -1.46. The fourth-order valence-corrected chi connectivity index (χ4v) is 5.61. The van der Waals surface area contributed by atoms with Crippen LogP contribution in [-0.2, 0) is 20.2 Å². The molecular weight excluding hydrogens is 352 g/mol. The summed E-state index contributed by atoms with van der Waals surface area (Å²) in [4.78, 5) is 0. The average molecular weight is 387 g/mol. The monoisotopic (exact) mass is 386 g/mol. The number of ether oxygens (including phenoxy) is 3. The van der Waals surface area contributed by atoms with Gasteiger partial charge in [-0.25, -0.2) is 0 Å². The van der Waals surface area contributed by atoms with Gasteiger partial charge in [0.1, 0.15) is 8.07 Å². The molecule has 0 radical (unpaired) electrons. The molecule has 0 unspecified atom stereocenters. The molecule has 27 heavy (non-hydrogen) atoms. The molecule has 0 aromatic heterocycles. The van der Waals surface area contributed by atoms with Crippen LogP contribution in [0.4, 0.5) is 0 Å². The second-order valence-electron chi connectivity index (χ2n) is 9.32. The van der Waals surface area contributed by atoms with E-state index in [4.69, 9.17) is 14.2 Å². The van der Waals surface area contributed by atoms with Gasteiger partial charge in [-0.05, 0) is 42.6 Å². The molecule has 3 aliphatic heterocycles. The van der Waals surface area contributed by atoms with E-state index in [0.29, 0.717) is 19.8 Å². The van der Waals surface area contributed by atoms with Crippen LogP contribution >= 0.6 is 0 Å². The van der Waals surface area contributed by atoms with Crippen molar-refractivity contribution in [1.29, 1.82) is 0 Å². The minimum absolute atomic E-state index is 0.0358. The van der Waals surface area contributed by atoms with Crippen LogP contribution in [0.25, 0.3) is 0 Å². The van der Waals surface area contributed by atoms with E-state index in [1.54, 1.807) is 0 Å². The smallest absolute Gasteiger partial charge is 0.312 e. The van der Waals surface area contributed by atoms with Gasteiger partial charge in [0.25, 0.3) is 0 Å². The maximum atomic E-state index is 6.04. The summed E-state index contributed by atoms with van der Waals surface area (Å²) in [7, 11) is -1.46. The van der Waals surface area contributed by atoms with Crippen molar-refractivity contribution in [2.75, 3.05) is 19.8 Å². The summed E-state index contributed by atoms with van der Waals surface area (Å²) < 4.78 is 18.1. The van der Waals surface area contributed by atoms with Crippen LogP contribution in [0.5, 0.6) is 0 Å². The molecule has 0 spiro atoms. The lowest BCUT2D eigenvalue weighted by molar-refractivity contribution is -0.480. The second-order valence-corrected chi connectivity index (χ2v) is 13.8. The molecule has 3 nitrogen and oxygen atoms in total. The van der Waals surface area contributed by atoms with E-state index in [1.165, 1.54) is 12.5 Å². The van der Waals surface area contributed by atoms with Gasteiger partial charge in [0.05, 0.1) is 19.8 Å². The van der Waals surface area contributed by atoms with E-state index >= 15 is 0 Å². The highest BCUT2D eigenvalue weighted by Gasteiger charge is 2.53. The normalized spacial score (nSPS) is 27.5. The van der Waals surface area contributed by atoms with Crippen LogP contribution < -0.4 is 0 Å². The Balaban J connectivity index is 1.66. The quantitative estimate of drug-likeness (QED) is 0.490. The van der Waals surface area contributed by atoms with Crippen LogP contribution in [0.1, 0.15) is 51.2 Å². The van der Waals surface area contributed by atoms with Gasteiger partial charge >= 0.3 is 5.97 Å². The van der Waals surface area contributed by atoms with Crippen molar-refractivity contribution >= 4 is 8.07 Å². The molecular formula is C23H34O3Si. The highest BCUT2D eigenvalue weighted by Crippen LogP contribution is 2.46. The standard InChI is InChI=1S/C23H34O3Si/c1-6-13-22-16-24-23(25-17-22,26-18-22)21-9-7-20(8-10-21)12-15-27(4,5)14-11-19(2)3/h7-10,19H,6,11,13-14,16-18H2,1-5H3. The first-order valence-corrected chi connectivity index (χ1v) is 13.5. The van der Waals surface area contributed by atoms with Crippen molar-refractivity contribution < 1.29 is 14.2 Å². The zero-order valence-corrected chi connectivity index (χ0v) is 18.6. The molecule has 4 rings (SSSR count). The lowest BCUT2D eigenvalue weighted by Crippen LogP contribution is -2.58. The average Bonchev–Trinajstić information content (AvgIpc) is 2.67. The van der Waals surface area contributed by atoms with Gasteiger partial charge in [-0.1, -0.05) is 52.6 Å². The van der Waals surface area contributed by atoms with E-state index in [0.717, 1.165) is 29.9 Å². The van der Waals surface area contributed by atoms with Gasteiger partial charge in [0.15, 0.2) is 0 Å². The number of benzene rings is 1. The molecule has 0 saturated carbocycles. The topological polar surface area (TPSA) is 27.7 Å². The Morgan fingerprint density at radius 1 is 1.04 bits per heavy atom. The lowest BCUT2D eigenvalue weighted by atomic mass is 9.83. The third-order valence-corrected chi connectivity index (χ3v) is 7.96. The van der Waals surface area contributed by atoms with Crippen LogP contribution in [0.15, 0.2) is 24.3 Å². The molecule has 2 bridgehead atoms. The Morgan fingerprint density at radius 2 is 1.63 bits per heavy atom. The maximum absolute atomic E-state index is 6.04. The van der Waals surface area contributed by atoms with Crippen LogP contribution in [-0.4, -0.2) is 27.9 Å². The summed E-state index contributed by atoms with van der Waals surface area (Å²) in [6.45, 7) is 13.6. The summed E-state index contributed by atoms with van der Waals surface area (Å²) >= 11 is 0. The number of rotatable bonds is 6. The molecule has 4 heteroatoms. The van der Waals surface area contributed by atoms with Gasteiger partial charge in [0, 0.05) is 16.5 Å². The van der Waals surface area contributed by atoms with Crippen molar-refractivity contribution in [3.8, 4) is 11.5 Å². The molecule has 3 saturated heterocycles. The van der Waals surface area contributed by atoms with E-state index in [1.807, 2.05) is 12.1 Å². The van der Waals surface area contributed by atoms with Gasteiger partial charge in [-0.15, -0.1) is 5.54 Å². The van der Waals surface area contributed by atoms with Crippen LogP contribution in [0, 0.1) is 22.8 Å². The molecule has 3 aliphatic rings. The first kappa shape index (κ1) is 20.6. The third kappa shape index (κ3) is 4.84. The third-order valence-electron chi connectivity index (χ3n) is 5.62. The molecule has 148 valence electrons. The molecule has 0 aliphatic carbocycles. The second kappa shape index (κ2) is 8.09. The van der Waals surface area contributed by atoms with E-state index in [2.05, 4.69) is 57.5 Å². The van der Waals surface area contributed by atoms with Crippen molar-refractivity contribution in [3.63, 3.8) is 0 Å². The molecule has 0 atom stereocenters. The fourth-order valence-electron chi connectivity index (χ4n) is 3.70.